The molecule has 7 heteroatoms. The molecule has 0 aliphatic carbocycles. The highest BCUT2D eigenvalue weighted by atomic mass is 127. The van der Waals surface area contributed by atoms with E-state index in [1.165, 1.54) is 5.69 Å². The summed E-state index contributed by atoms with van der Waals surface area (Å²) in [5, 5.41) is 10.3. The van der Waals surface area contributed by atoms with Crippen molar-refractivity contribution in [1.29, 1.82) is 0 Å². The second-order valence-corrected chi connectivity index (χ2v) is 6.99. The maximum atomic E-state index is 5.48. The zero-order valence-electron chi connectivity index (χ0n) is 16.9. The molecule has 0 radical (unpaired) electrons. The summed E-state index contributed by atoms with van der Waals surface area (Å²) in [4.78, 5) is 6.88. The van der Waals surface area contributed by atoms with Crippen molar-refractivity contribution in [2.24, 2.45) is 10.9 Å². The predicted molar refractivity (Wildman–Crippen MR) is 125 cm³/mol. The average Bonchev–Trinajstić information content (AvgIpc) is 2.67. The normalized spacial score (nSPS) is 16.5. The Kier molecular flexibility index (Phi) is 12.4. The van der Waals surface area contributed by atoms with E-state index >= 15 is 0 Å². The van der Waals surface area contributed by atoms with Gasteiger partial charge in [-0.2, -0.15) is 0 Å². The van der Waals surface area contributed by atoms with Gasteiger partial charge in [-0.25, -0.2) is 0 Å². The minimum Gasteiger partial charge on any atom is -0.385 e. The fourth-order valence-electron chi connectivity index (χ4n) is 3.20. The molecule has 0 amide bonds. The minimum absolute atomic E-state index is 0. The number of para-hydroxylation sites is 1. The number of ether oxygens (including phenoxy) is 1. The smallest absolute Gasteiger partial charge is 0.191 e. The molecule has 2 rings (SSSR count). The van der Waals surface area contributed by atoms with Gasteiger partial charge in [0.1, 0.15) is 0 Å². The molecule has 1 fully saturated rings. The van der Waals surface area contributed by atoms with Crippen LogP contribution in [0.3, 0.4) is 0 Å². The summed E-state index contributed by atoms with van der Waals surface area (Å²) in [6.07, 6.45) is 1.03. The first-order valence-corrected chi connectivity index (χ1v) is 9.76. The number of hydrogen-bond acceptors (Lipinski definition) is 4. The fraction of sp³-hybridized carbons (Fsp3) is 0.650. The molecule has 0 aromatic heterocycles. The van der Waals surface area contributed by atoms with Crippen LogP contribution in [0.4, 0.5) is 5.69 Å². The second-order valence-electron chi connectivity index (χ2n) is 6.99. The molecule has 6 nitrogen and oxygen atoms in total. The Balaban J connectivity index is 0.00000364. The lowest BCUT2D eigenvalue weighted by molar-refractivity contribution is 0.00752. The molecular formula is C20H36IN5O. The summed E-state index contributed by atoms with van der Waals surface area (Å²) in [5.41, 5.74) is 1.17. The molecule has 0 saturated carbocycles. The first kappa shape index (κ1) is 24.0. The highest BCUT2D eigenvalue weighted by molar-refractivity contribution is 14.0. The lowest BCUT2D eigenvalue weighted by Gasteiger charge is -2.37. The predicted octanol–water partition coefficient (Wildman–Crippen LogP) is 2.63. The SMILES string of the molecule is CN=C(NCCCNc1ccccc1)NCC(C(C)C)N1CCOCC1.I. The van der Waals surface area contributed by atoms with Gasteiger partial charge in [-0.15, -0.1) is 24.0 Å². The molecule has 1 aliphatic rings. The van der Waals surface area contributed by atoms with Gasteiger partial charge in [0.15, 0.2) is 5.96 Å². The van der Waals surface area contributed by atoms with Crippen LogP contribution in [0.1, 0.15) is 20.3 Å². The summed E-state index contributed by atoms with van der Waals surface area (Å²) in [6, 6.07) is 10.8. The number of hydrogen-bond donors (Lipinski definition) is 3. The largest absolute Gasteiger partial charge is 0.385 e. The van der Waals surface area contributed by atoms with Crippen LogP contribution in [0.2, 0.25) is 0 Å². The summed E-state index contributed by atoms with van der Waals surface area (Å²) < 4.78 is 5.48. The topological polar surface area (TPSA) is 60.9 Å². The number of nitrogens with zero attached hydrogens (tertiary/aromatic N) is 2. The van der Waals surface area contributed by atoms with Gasteiger partial charge in [-0.1, -0.05) is 32.0 Å². The molecule has 1 heterocycles. The zero-order valence-corrected chi connectivity index (χ0v) is 19.2. The molecular weight excluding hydrogens is 453 g/mol. The molecule has 0 bridgehead atoms. The van der Waals surface area contributed by atoms with Crippen molar-refractivity contribution in [3.8, 4) is 0 Å². The Morgan fingerprint density at radius 3 is 2.44 bits per heavy atom. The maximum Gasteiger partial charge on any atom is 0.191 e. The molecule has 0 spiro atoms. The number of guanidine groups is 1. The molecule has 154 valence electrons. The molecule has 1 aliphatic heterocycles. The van der Waals surface area contributed by atoms with E-state index in [0.717, 1.165) is 58.3 Å². The lowest BCUT2D eigenvalue weighted by Crippen LogP contribution is -2.52. The molecule has 1 aromatic carbocycles. The number of rotatable bonds is 9. The van der Waals surface area contributed by atoms with Crippen molar-refractivity contribution >= 4 is 35.6 Å². The van der Waals surface area contributed by atoms with Crippen LogP contribution in [0, 0.1) is 5.92 Å². The third kappa shape index (κ3) is 9.12. The summed E-state index contributed by atoms with van der Waals surface area (Å²) in [6.45, 7) is 11.0. The summed E-state index contributed by atoms with van der Waals surface area (Å²) in [5.74, 6) is 1.47. The van der Waals surface area contributed by atoms with E-state index in [2.05, 4.69) is 51.8 Å². The van der Waals surface area contributed by atoms with Crippen molar-refractivity contribution in [2.75, 3.05) is 58.3 Å². The average molecular weight is 489 g/mol. The number of nitrogens with one attached hydrogen (secondary N) is 3. The molecule has 3 N–H and O–H groups in total. The Hall–Kier alpha value is -1.06. The monoisotopic (exact) mass is 489 g/mol. The van der Waals surface area contributed by atoms with Crippen molar-refractivity contribution < 1.29 is 4.74 Å². The standard InChI is InChI=1S/C20H35N5O.HI/c1-17(2)19(25-12-14-26-15-13-25)16-24-20(21-3)23-11-7-10-22-18-8-5-4-6-9-18;/h4-6,8-9,17,19,22H,7,10-16H2,1-3H3,(H2,21,23,24);1H. The van der Waals surface area contributed by atoms with Crippen LogP contribution in [0.25, 0.3) is 0 Å². The van der Waals surface area contributed by atoms with Crippen LogP contribution in [0.5, 0.6) is 0 Å². The van der Waals surface area contributed by atoms with Gasteiger partial charge >= 0.3 is 0 Å². The summed E-state index contributed by atoms with van der Waals surface area (Å²) in [7, 11) is 1.83. The van der Waals surface area contributed by atoms with Crippen molar-refractivity contribution in [1.82, 2.24) is 15.5 Å². The number of anilines is 1. The second kappa shape index (κ2) is 14.0. The first-order chi connectivity index (χ1) is 12.7. The van der Waals surface area contributed by atoms with Gasteiger partial charge in [0.2, 0.25) is 0 Å². The van der Waals surface area contributed by atoms with Gasteiger partial charge in [0, 0.05) is 51.5 Å². The van der Waals surface area contributed by atoms with Crippen LogP contribution >= 0.6 is 24.0 Å². The van der Waals surface area contributed by atoms with E-state index in [1.54, 1.807) is 0 Å². The third-order valence-electron chi connectivity index (χ3n) is 4.74. The number of halogens is 1. The maximum absolute atomic E-state index is 5.48. The highest BCUT2D eigenvalue weighted by Crippen LogP contribution is 2.12. The Morgan fingerprint density at radius 2 is 1.81 bits per heavy atom. The van der Waals surface area contributed by atoms with E-state index in [9.17, 15) is 0 Å². The number of morpholine rings is 1. The molecule has 1 aromatic rings. The number of aliphatic imine (C=N–C) groups is 1. The van der Waals surface area contributed by atoms with E-state index < -0.39 is 0 Å². The third-order valence-corrected chi connectivity index (χ3v) is 4.74. The van der Waals surface area contributed by atoms with Gasteiger partial charge in [-0.3, -0.25) is 9.89 Å². The molecule has 1 unspecified atom stereocenters. The van der Waals surface area contributed by atoms with E-state index in [0.29, 0.717) is 12.0 Å². The van der Waals surface area contributed by atoms with Crippen LogP contribution in [-0.2, 0) is 4.74 Å². The van der Waals surface area contributed by atoms with Gasteiger partial charge in [0.05, 0.1) is 13.2 Å². The minimum atomic E-state index is 0. The highest BCUT2D eigenvalue weighted by Gasteiger charge is 2.23. The van der Waals surface area contributed by atoms with Crippen LogP contribution in [0.15, 0.2) is 35.3 Å². The zero-order chi connectivity index (χ0) is 18.6. The first-order valence-electron chi connectivity index (χ1n) is 9.76. The fourth-order valence-corrected chi connectivity index (χ4v) is 3.20. The van der Waals surface area contributed by atoms with Crippen molar-refractivity contribution in [2.45, 2.75) is 26.3 Å². The van der Waals surface area contributed by atoms with Crippen molar-refractivity contribution in [3.05, 3.63) is 30.3 Å². The Bertz CT molecular complexity index is 520. The van der Waals surface area contributed by atoms with Gasteiger partial charge in [-0.05, 0) is 24.5 Å². The number of benzene rings is 1. The Labute approximate surface area is 181 Å². The molecule has 1 saturated heterocycles. The quantitative estimate of drug-likeness (QED) is 0.216. The van der Waals surface area contributed by atoms with E-state index in [-0.39, 0.29) is 24.0 Å². The van der Waals surface area contributed by atoms with E-state index in [1.807, 2.05) is 25.2 Å². The molecule has 27 heavy (non-hydrogen) atoms. The van der Waals surface area contributed by atoms with Crippen LogP contribution < -0.4 is 16.0 Å². The Morgan fingerprint density at radius 1 is 1.11 bits per heavy atom. The van der Waals surface area contributed by atoms with Gasteiger partial charge in [0.25, 0.3) is 0 Å². The lowest BCUT2D eigenvalue weighted by atomic mass is 10.0. The van der Waals surface area contributed by atoms with Crippen LogP contribution in [-0.4, -0.2) is 69.9 Å². The molecule has 1 atom stereocenters. The van der Waals surface area contributed by atoms with E-state index in [4.69, 9.17) is 4.74 Å². The summed E-state index contributed by atoms with van der Waals surface area (Å²) >= 11 is 0. The van der Waals surface area contributed by atoms with Crippen molar-refractivity contribution in [3.63, 3.8) is 0 Å². The van der Waals surface area contributed by atoms with Gasteiger partial charge < -0.3 is 20.7 Å².